The van der Waals surface area contributed by atoms with Crippen LogP contribution in [0.3, 0.4) is 0 Å². The summed E-state index contributed by atoms with van der Waals surface area (Å²) in [7, 11) is 0. The molecule has 4 nitrogen and oxygen atoms in total. The summed E-state index contributed by atoms with van der Waals surface area (Å²) in [5.74, 6) is 0.697. The van der Waals surface area contributed by atoms with E-state index >= 15 is 0 Å². The predicted octanol–water partition coefficient (Wildman–Crippen LogP) is 1.92. The molecule has 1 aliphatic heterocycles. The lowest BCUT2D eigenvalue weighted by Crippen LogP contribution is -2.46. The summed E-state index contributed by atoms with van der Waals surface area (Å²) in [6, 6.07) is 8.12. The predicted molar refractivity (Wildman–Crippen MR) is 82.6 cm³/mol. The van der Waals surface area contributed by atoms with Crippen LogP contribution >= 0.6 is 12.4 Å². The van der Waals surface area contributed by atoms with E-state index in [1.54, 1.807) is 0 Å². The second-order valence-electron chi connectivity index (χ2n) is 4.90. The number of hydrogen-bond acceptors (Lipinski definition) is 3. The Bertz CT molecular complexity index is 403. The quantitative estimate of drug-likeness (QED) is 0.873. The molecule has 20 heavy (non-hydrogen) atoms. The number of ether oxygens (including phenoxy) is 1. The van der Waals surface area contributed by atoms with Gasteiger partial charge in [-0.2, -0.15) is 0 Å². The maximum atomic E-state index is 11.7. The van der Waals surface area contributed by atoms with Gasteiger partial charge in [-0.3, -0.25) is 4.79 Å². The van der Waals surface area contributed by atoms with Crippen molar-refractivity contribution in [2.24, 2.45) is 0 Å². The van der Waals surface area contributed by atoms with Crippen LogP contribution in [0.1, 0.15) is 25.3 Å². The minimum Gasteiger partial charge on any atom is -0.484 e. The normalized spacial score (nSPS) is 17.9. The summed E-state index contributed by atoms with van der Waals surface area (Å²) in [5.41, 5.74) is 1.27. The van der Waals surface area contributed by atoms with E-state index in [1.807, 2.05) is 24.3 Å². The Morgan fingerprint density at radius 2 is 2.15 bits per heavy atom. The molecular formula is C15H23ClN2O2. The highest BCUT2D eigenvalue weighted by Gasteiger charge is 2.15. The highest BCUT2D eigenvalue weighted by molar-refractivity contribution is 5.85. The van der Waals surface area contributed by atoms with E-state index < -0.39 is 0 Å². The van der Waals surface area contributed by atoms with E-state index in [0.29, 0.717) is 0 Å². The van der Waals surface area contributed by atoms with Gasteiger partial charge in [0.25, 0.3) is 5.91 Å². The van der Waals surface area contributed by atoms with Gasteiger partial charge in [-0.25, -0.2) is 0 Å². The molecule has 5 heteroatoms. The van der Waals surface area contributed by atoms with Crippen molar-refractivity contribution >= 4 is 18.3 Å². The van der Waals surface area contributed by atoms with Crippen LogP contribution in [-0.2, 0) is 11.2 Å². The fraction of sp³-hybridized carbons (Fsp3) is 0.533. The molecule has 2 N–H and O–H groups in total. The minimum absolute atomic E-state index is 0. The number of rotatable bonds is 5. The largest absolute Gasteiger partial charge is 0.484 e. The monoisotopic (exact) mass is 298 g/mol. The molecule has 1 aromatic rings. The molecule has 1 saturated heterocycles. The molecule has 2 rings (SSSR count). The summed E-state index contributed by atoms with van der Waals surface area (Å²) < 4.78 is 5.48. The number of carbonyl (C=O) groups is 1. The van der Waals surface area contributed by atoms with Crippen molar-refractivity contribution in [3.63, 3.8) is 0 Å². The molecular weight excluding hydrogens is 276 g/mol. The molecule has 0 radical (unpaired) electrons. The van der Waals surface area contributed by atoms with Crippen LogP contribution in [0.25, 0.3) is 0 Å². The van der Waals surface area contributed by atoms with Gasteiger partial charge in [-0.1, -0.05) is 19.1 Å². The number of aryl methyl sites for hydroxylation is 1. The lowest BCUT2D eigenvalue weighted by Gasteiger charge is -2.23. The van der Waals surface area contributed by atoms with Crippen molar-refractivity contribution in [3.8, 4) is 5.75 Å². The molecule has 1 unspecified atom stereocenters. The van der Waals surface area contributed by atoms with Gasteiger partial charge in [-0.05, 0) is 43.5 Å². The first kappa shape index (κ1) is 16.8. The average Bonchev–Trinajstić information content (AvgIpc) is 2.47. The zero-order valence-electron chi connectivity index (χ0n) is 11.9. The Labute approximate surface area is 126 Å². The van der Waals surface area contributed by atoms with Gasteiger partial charge in [-0.15, -0.1) is 12.4 Å². The van der Waals surface area contributed by atoms with E-state index in [1.165, 1.54) is 5.56 Å². The molecule has 1 heterocycles. The molecule has 112 valence electrons. The van der Waals surface area contributed by atoms with Crippen molar-refractivity contribution in [1.82, 2.24) is 10.6 Å². The second kappa shape index (κ2) is 8.82. The summed E-state index contributed by atoms with van der Waals surface area (Å²) in [4.78, 5) is 11.7. The molecule has 1 aliphatic rings. The molecule has 1 amide bonds. The number of amides is 1. The minimum atomic E-state index is -0.0479. The molecule has 0 aromatic heterocycles. The summed E-state index contributed by atoms with van der Waals surface area (Å²) in [6.07, 6.45) is 3.17. The third-order valence-electron chi connectivity index (χ3n) is 3.36. The van der Waals surface area contributed by atoms with Crippen LogP contribution in [0.15, 0.2) is 24.3 Å². The third kappa shape index (κ3) is 5.39. The Hall–Kier alpha value is -1.26. The average molecular weight is 299 g/mol. The lowest BCUT2D eigenvalue weighted by atomic mass is 10.1. The van der Waals surface area contributed by atoms with Crippen LogP contribution in [0, 0.1) is 0 Å². The molecule has 1 atom stereocenters. The maximum Gasteiger partial charge on any atom is 0.258 e. The van der Waals surface area contributed by atoms with Gasteiger partial charge in [0.05, 0.1) is 0 Å². The molecule has 0 spiro atoms. The molecule has 1 aromatic carbocycles. The van der Waals surface area contributed by atoms with Crippen molar-refractivity contribution in [3.05, 3.63) is 29.8 Å². The number of halogens is 1. The number of piperidine rings is 1. The smallest absolute Gasteiger partial charge is 0.258 e. The highest BCUT2D eigenvalue weighted by atomic mass is 35.5. The summed E-state index contributed by atoms with van der Waals surface area (Å²) >= 11 is 0. The highest BCUT2D eigenvalue weighted by Crippen LogP contribution is 2.12. The Morgan fingerprint density at radius 1 is 1.40 bits per heavy atom. The molecule has 0 bridgehead atoms. The fourth-order valence-corrected chi connectivity index (χ4v) is 2.21. The van der Waals surface area contributed by atoms with Crippen LogP contribution in [0.2, 0.25) is 0 Å². The first-order valence-electron chi connectivity index (χ1n) is 6.99. The van der Waals surface area contributed by atoms with Gasteiger partial charge < -0.3 is 15.4 Å². The number of benzene rings is 1. The van der Waals surface area contributed by atoms with Crippen LogP contribution < -0.4 is 15.4 Å². The van der Waals surface area contributed by atoms with E-state index in [-0.39, 0.29) is 31.0 Å². The van der Waals surface area contributed by atoms with E-state index in [4.69, 9.17) is 4.74 Å². The molecule has 0 saturated carbocycles. The topological polar surface area (TPSA) is 50.4 Å². The third-order valence-corrected chi connectivity index (χ3v) is 3.36. The molecule has 1 fully saturated rings. The molecule has 0 aliphatic carbocycles. The Kier molecular flexibility index (Phi) is 7.41. The number of nitrogens with one attached hydrogen (secondary N) is 2. The van der Waals surface area contributed by atoms with E-state index in [2.05, 4.69) is 17.6 Å². The van der Waals surface area contributed by atoms with Gasteiger partial charge in [0.2, 0.25) is 0 Å². The van der Waals surface area contributed by atoms with Crippen LogP contribution in [0.4, 0.5) is 0 Å². The summed E-state index contributed by atoms with van der Waals surface area (Å²) in [6.45, 7) is 4.10. The van der Waals surface area contributed by atoms with Crippen molar-refractivity contribution in [2.45, 2.75) is 32.2 Å². The fourth-order valence-electron chi connectivity index (χ4n) is 2.21. The Balaban J connectivity index is 0.00000200. The lowest BCUT2D eigenvalue weighted by molar-refractivity contribution is -0.123. The van der Waals surface area contributed by atoms with Crippen LogP contribution in [0.5, 0.6) is 5.75 Å². The first-order valence-corrected chi connectivity index (χ1v) is 6.99. The van der Waals surface area contributed by atoms with Crippen molar-refractivity contribution in [1.29, 1.82) is 0 Å². The standard InChI is InChI=1S/C15H22N2O2.ClH/c1-2-12-5-7-14(8-6-12)19-11-15(18)17-13-4-3-9-16-10-13;/h5-8,13,16H,2-4,9-11H2,1H3,(H,17,18);1H. The van der Waals surface area contributed by atoms with Gasteiger partial charge in [0, 0.05) is 12.6 Å². The van der Waals surface area contributed by atoms with E-state index in [0.717, 1.165) is 38.1 Å². The van der Waals surface area contributed by atoms with Crippen molar-refractivity contribution in [2.75, 3.05) is 19.7 Å². The van der Waals surface area contributed by atoms with E-state index in [9.17, 15) is 4.79 Å². The SMILES string of the molecule is CCc1ccc(OCC(=O)NC2CCCNC2)cc1.Cl. The Morgan fingerprint density at radius 3 is 2.75 bits per heavy atom. The van der Waals surface area contributed by atoms with Gasteiger partial charge >= 0.3 is 0 Å². The zero-order chi connectivity index (χ0) is 13.5. The first-order chi connectivity index (χ1) is 9.28. The summed E-state index contributed by atoms with van der Waals surface area (Å²) in [5, 5.41) is 6.26. The van der Waals surface area contributed by atoms with Crippen LogP contribution in [-0.4, -0.2) is 31.6 Å². The number of carbonyl (C=O) groups excluding carboxylic acids is 1. The number of hydrogen-bond donors (Lipinski definition) is 2. The second-order valence-corrected chi connectivity index (χ2v) is 4.90. The van der Waals surface area contributed by atoms with Crippen molar-refractivity contribution < 1.29 is 9.53 Å². The van der Waals surface area contributed by atoms with Gasteiger partial charge in [0.15, 0.2) is 6.61 Å². The maximum absolute atomic E-state index is 11.7. The zero-order valence-corrected chi connectivity index (χ0v) is 12.7. The van der Waals surface area contributed by atoms with Gasteiger partial charge in [0.1, 0.15) is 5.75 Å².